The molecule has 1 atom stereocenters. The van der Waals surface area contributed by atoms with E-state index >= 15 is 0 Å². The highest BCUT2D eigenvalue weighted by Gasteiger charge is 2.12. The Kier molecular flexibility index (Phi) is 6.16. The predicted molar refractivity (Wildman–Crippen MR) is 79.7 cm³/mol. The Bertz CT molecular complexity index is 347. The third kappa shape index (κ3) is 4.31. The van der Waals surface area contributed by atoms with Crippen LogP contribution in [-0.4, -0.2) is 43.0 Å². The fourth-order valence-electron chi connectivity index (χ4n) is 2.11. The van der Waals surface area contributed by atoms with Crippen molar-refractivity contribution in [3.63, 3.8) is 0 Å². The quantitative estimate of drug-likeness (QED) is 0.754. The molecule has 102 valence electrons. The maximum Gasteiger partial charge on any atom is 0.0318 e. The van der Waals surface area contributed by atoms with Crippen molar-refractivity contribution in [1.82, 2.24) is 9.80 Å². The molecule has 1 unspecified atom stereocenters. The molecule has 1 aromatic rings. The first-order valence-electron chi connectivity index (χ1n) is 6.86. The minimum atomic E-state index is 0.407. The lowest BCUT2D eigenvalue weighted by Gasteiger charge is -2.28. The van der Waals surface area contributed by atoms with Gasteiger partial charge in [-0.3, -0.25) is 4.90 Å². The number of anilines is 1. The van der Waals surface area contributed by atoms with Gasteiger partial charge in [-0.1, -0.05) is 26.0 Å². The normalized spacial score (nSPS) is 13.2. The van der Waals surface area contributed by atoms with Crippen LogP contribution in [0.2, 0.25) is 0 Å². The molecule has 0 heterocycles. The van der Waals surface area contributed by atoms with Crippen LogP contribution in [0.3, 0.4) is 0 Å². The van der Waals surface area contributed by atoms with Gasteiger partial charge >= 0.3 is 0 Å². The van der Waals surface area contributed by atoms with E-state index in [0.717, 1.165) is 31.9 Å². The van der Waals surface area contributed by atoms with Crippen LogP contribution in [0.25, 0.3) is 0 Å². The molecule has 0 saturated carbocycles. The van der Waals surface area contributed by atoms with E-state index in [0.29, 0.717) is 6.04 Å². The SMILES string of the molecule is CCN(CC)CCN(C)C(C)c1cccc(N)c1. The third-order valence-electron chi connectivity index (χ3n) is 3.72. The monoisotopic (exact) mass is 249 g/mol. The summed E-state index contributed by atoms with van der Waals surface area (Å²) in [7, 11) is 2.18. The van der Waals surface area contributed by atoms with Crippen molar-refractivity contribution < 1.29 is 0 Å². The molecule has 0 radical (unpaired) electrons. The van der Waals surface area contributed by atoms with Gasteiger partial charge in [0.1, 0.15) is 0 Å². The molecule has 18 heavy (non-hydrogen) atoms. The maximum absolute atomic E-state index is 5.84. The molecule has 0 bridgehead atoms. The van der Waals surface area contributed by atoms with E-state index in [1.54, 1.807) is 0 Å². The van der Waals surface area contributed by atoms with Gasteiger partial charge in [-0.05, 0) is 44.8 Å². The summed E-state index contributed by atoms with van der Waals surface area (Å²) in [4.78, 5) is 4.83. The third-order valence-corrected chi connectivity index (χ3v) is 3.72. The van der Waals surface area contributed by atoms with Crippen molar-refractivity contribution in [2.75, 3.05) is 39.0 Å². The van der Waals surface area contributed by atoms with Gasteiger partial charge in [-0.25, -0.2) is 0 Å². The minimum Gasteiger partial charge on any atom is -0.399 e. The molecule has 3 nitrogen and oxygen atoms in total. The molecule has 0 aliphatic carbocycles. The number of nitrogens with zero attached hydrogens (tertiary/aromatic N) is 2. The molecular weight excluding hydrogens is 222 g/mol. The first-order valence-corrected chi connectivity index (χ1v) is 6.86. The summed E-state index contributed by atoms with van der Waals surface area (Å²) in [6.07, 6.45) is 0. The molecule has 3 heteroatoms. The zero-order valence-electron chi connectivity index (χ0n) is 12.2. The van der Waals surface area contributed by atoms with E-state index in [2.05, 4.69) is 49.8 Å². The lowest BCUT2D eigenvalue weighted by Crippen LogP contribution is -2.34. The average molecular weight is 249 g/mol. The van der Waals surface area contributed by atoms with Crippen molar-refractivity contribution in [1.29, 1.82) is 0 Å². The highest BCUT2D eigenvalue weighted by Crippen LogP contribution is 2.20. The van der Waals surface area contributed by atoms with Gasteiger partial charge in [0.25, 0.3) is 0 Å². The summed E-state index contributed by atoms with van der Waals surface area (Å²) in [6.45, 7) is 11.1. The van der Waals surface area contributed by atoms with Gasteiger partial charge in [0.05, 0.1) is 0 Å². The Labute approximate surface area is 112 Å². The molecule has 1 aromatic carbocycles. The number of rotatable bonds is 7. The summed E-state index contributed by atoms with van der Waals surface area (Å²) in [5, 5.41) is 0. The van der Waals surface area contributed by atoms with E-state index in [9.17, 15) is 0 Å². The van der Waals surface area contributed by atoms with Crippen molar-refractivity contribution >= 4 is 5.69 Å². The molecule has 0 saturated heterocycles. The molecule has 0 aromatic heterocycles. The van der Waals surface area contributed by atoms with Gasteiger partial charge in [-0.15, -0.1) is 0 Å². The van der Waals surface area contributed by atoms with Crippen LogP contribution in [0.1, 0.15) is 32.4 Å². The lowest BCUT2D eigenvalue weighted by molar-refractivity contribution is 0.206. The van der Waals surface area contributed by atoms with E-state index in [4.69, 9.17) is 5.73 Å². The Morgan fingerprint density at radius 1 is 1.17 bits per heavy atom. The lowest BCUT2D eigenvalue weighted by atomic mass is 10.1. The van der Waals surface area contributed by atoms with Gasteiger partial charge < -0.3 is 10.6 Å². The zero-order chi connectivity index (χ0) is 13.5. The minimum absolute atomic E-state index is 0.407. The van der Waals surface area contributed by atoms with E-state index in [1.165, 1.54) is 5.56 Å². The van der Waals surface area contributed by atoms with Crippen molar-refractivity contribution in [3.05, 3.63) is 29.8 Å². The summed E-state index contributed by atoms with van der Waals surface area (Å²) < 4.78 is 0. The number of hydrogen-bond donors (Lipinski definition) is 1. The van der Waals surface area contributed by atoms with E-state index < -0.39 is 0 Å². The maximum atomic E-state index is 5.84. The second kappa shape index (κ2) is 7.39. The van der Waals surface area contributed by atoms with Crippen LogP contribution in [-0.2, 0) is 0 Å². The van der Waals surface area contributed by atoms with Crippen LogP contribution in [0.5, 0.6) is 0 Å². The Hall–Kier alpha value is -1.06. The molecule has 1 rings (SSSR count). The zero-order valence-corrected chi connectivity index (χ0v) is 12.2. The fourth-order valence-corrected chi connectivity index (χ4v) is 2.11. The van der Waals surface area contributed by atoms with E-state index in [1.807, 2.05) is 12.1 Å². The smallest absolute Gasteiger partial charge is 0.0318 e. The van der Waals surface area contributed by atoms with Crippen molar-refractivity contribution in [3.8, 4) is 0 Å². The standard InChI is InChI=1S/C15H27N3/c1-5-18(6-2)11-10-17(4)13(3)14-8-7-9-15(16)12-14/h7-9,12-13H,5-6,10-11,16H2,1-4H3. The summed E-state index contributed by atoms with van der Waals surface area (Å²) in [6, 6.07) is 8.59. The predicted octanol–water partition coefficient (Wildman–Crippen LogP) is 2.60. The molecule has 0 fully saturated rings. The first-order chi connectivity index (χ1) is 8.58. The fraction of sp³-hybridized carbons (Fsp3) is 0.600. The second-order valence-corrected chi connectivity index (χ2v) is 4.85. The Balaban J connectivity index is 2.53. The molecule has 2 N–H and O–H groups in total. The topological polar surface area (TPSA) is 32.5 Å². The van der Waals surface area contributed by atoms with Gasteiger partial charge in [0.15, 0.2) is 0 Å². The van der Waals surface area contributed by atoms with Crippen molar-refractivity contribution in [2.45, 2.75) is 26.8 Å². The van der Waals surface area contributed by atoms with Crippen LogP contribution >= 0.6 is 0 Å². The largest absolute Gasteiger partial charge is 0.399 e. The molecule has 0 aliphatic heterocycles. The molecular formula is C15H27N3. The number of likely N-dealkylation sites (N-methyl/N-ethyl adjacent to an activating group) is 2. The van der Waals surface area contributed by atoms with Crippen LogP contribution in [0.15, 0.2) is 24.3 Å². The van der Waals surface area contributed by atoms with Crippen molar-refractivity contribution in [2.24, 2.45) is 0 Å². The summed E-state index contributed by atoms with van der Waals surface area (Å²) in [5.41, 5.74) is 7.97. The van der Waals surface area contributed by atoms with Gasteiger partial charge in [0, 0.05) is 24.8 Å². The Morgan fingerprint density at radius 3 is 2.39 bits per heavy atom. The average Bonchev–Trinajstić information content (AvgIpc) is 2.38. The molecule has 0 aliphatic rings. The van der Waals surface area contributed by atoms with E-state index in [-0.39, 0.29) is 0 Å². The van der Waals surface area contributed by atoms with Crippen LogP contribution < -0.4 is 5.73 Å². The number of nitrogens with two attached hydrogens (primary N) is 1. The van der Waals surface area contributed by atoms with Gasteiger partial charge in [-0.2, -0.15) is 0 Å². The highest BCUT2D eigenvalue weighted by atomic mass is 15.2. The summed E-state index contributed by atoms with van der Waals surface area (Å²) >= 11 is 0. The number of hydrogen-bond acceptors (Lipinski definition) is 3. The number of benzene rings is 1. The van der Waals surface area contributed by atoms with Crippen LogP contribution in [0.4, 0.5) is 5.69 Å². The van der Waals surface area contributed by atoms with Crippen LogP contribution in [0, 0.1) is 0 Å². The first kappa shape index (κ1) is 15.0. The Morgan fingerprint density at radius 2 is 1.83 bits per heavy atom. The second-order valence-electron chi connectivity index (χ2n) is 4.85. The highest BCUT2D eigenvalue weighted by molar-refractivity contribution is 5.41. The molecule has 0 amide bonds. The summed E-state index contributed by atoms with van der Waals surface area (Å²) in [5.74, 6) is 0. The number of nitrogen functional groups attached to an aromatic ring is 1. The molecule has 0 spiro atoms. The van der Waals surface area contributed by atoms with Gasteiger partial charge in [0.2, 0.25) is 0 Å².